The molecule has 0 bridgehead atoms. The molecule has 0 atom stereocenters. The van der Waals surface area contributed by atoms with Gasteiger partial charge in [-0.1, -0.05) is 6.07 Å². The maximum absolute atomic E-state index is 13.2. The average Bonchev–Trinajstić information content (AvgIpc) is 2.68. The zero-order valence-electron chi connectivity index (χ0n) is 8.83. The first-order valence-corrected chi connectivity index (χ1v) is 5.74. The van der Waals surface area contributed by atoms with Gasteiger partial charge in [-0.05, 0) is 42.3 Å². The molecule has 1 aromatic heterocycles. The van der Waals surface area contributed by atoms with E-state index in [1.807, 2.05) is 19.1 Å². The average molecular weight is 231 g/mol. The quantitative estimate of drug-likeness (QED) is 0.768. The summed E-state index contributed by atoms with van der Waals surface area (Å²) in [4.78, 5) is 2.20. The molecule has 0 aliphatic rings. The molecule has 0 fully saturated rings. The van der Waals surface area contributed by atoms with Crippen LogP contribution in [0.2, 0.25) is 0 Å². The molecule has 2 rings (SSSR count). The number of nitriles is 1. The first-order valence-electron chi connectivity index (χ1n) is 4.93. The molecular formula is C13H10FNS. The van der Waals surface area contributed by atoms with E-state index in [0.29, 0.717) is 6.42 Å². The number of thiophene rings is 1. The van der Waals surface area contributed by atoms with Crippen molar-refractivity contribution in [2.45, 2.75) is 13.3 Å². The molecule has 0 radical (unpaired) electrons. The van der Waals surface area contributed by atoms with Gasteiger partial charge in [-0.15, -0.1) is 11.3 Å². The highest BCUT2D eigenvalue weighted by atomic mass is 32.1. The minimum atomic E-state index is -0.261. The summed E-state index contributed by atoms with van der Waals surface area (Å²) in [5.74, 6) is -0.261. The Bertz CT molecular complexity index is 551. The number of hydrogen-bond acceptors (Lipinski definition) is 2. The highest BCUT2D eigenvalue weighted by Gasteiger charge is 2.08. The van der Waals surface area contributed by atoms with E-state index in [1.54, 1.807) is 17.4 Å². The van der Waals surface area contributed by atoms with E-state index in [-0.39, 0.29) is 5.82 Å². The van der Waals surface area contributed by atoms with Gasteiger partial charge in [0, 0.05) is 9.75 Å². The third-order valence-corrected chi connectivity index (χ3v) is 3.38. The molecule has 0 saturated heterocycles. The Kier molecular flexibility index (Phi) is 3.02. The zero-order valence-corrected chi connectivity index (χ0v) is 9.64. The van der Waals surface area contributed by atoms with E-state index < -0.39 is 0 Å². The lowest BCUT2D eigenvalue weighted by molar-refractivity contribution is 0.628. The van der Waals surface area contributed by atoms with E-state index >= 15 is 0 Å². The minimum Gasteiger partial charge on any atom is -0.207 e. The largest absolute Gasteiger partial charge is 0.207 e. The maximum Gasteiger partial charge on any atom is 0.123 e. The van der Waals surface area contributed by atoms with Crippen LogP contribution in [0.1, 0.15) is 10.4 Å². The molecular weight excluding hydrogens is 221 g/mol. The van der Waals surface area contributed by atoms with Crippen molar-refractivity contribution in [1.29, 1.82) is 5.26 Å². The van der Waals surface area contributed by atoms with Crippen LogP contribution >= 0.6 is 11.3 Å². The molecule has 3 heteroatoms. The highest BCUT2D eigenvalue weighted by Crippen LogP contribution is 2.31. The molecule has 0 saturated carbocycles. The van der Waals surface area contributed by atoms with Gasteiger partial charge < -0.3 is 0 Å². The van der Waals surface area contributed by atoms with Crippen molar-refractivity contribution in [3.05, 3.63) is 46.6 Å². The Hall–Kier alpha value is -1.66. The summed E-state index contributed by atoms with van der Waals surface area (Å²) in [5.41, 5.74) is 1.71. The molecule has 1 nitrogen and oxygen atoms in total. The first kappa shape index (κ1) is 10.8. The van der Waals surface area contributed by atoms with Crippen molar-refractivity contribution in [2.24, 2.45) is 0 Å². The van der Waals surface area contributed by atoms with Gasteiger partial charge in [0.2, 0.25) is 0 Å². The number of halogens is 1. The van der Waals surface area contributed by atoms with Gasteiger partial charge >= 0.3 is 0 Å². The number of hydrogen-bond donors (Lipinski definition) is 0. The lowest BCUT2D eigenvalue weighted by atomic mass is 10.0. The highest BCUT2D eigenvalue weighted by molar-refractivity contribution is 7.15. The van der Waals surface area contributed by atoms with Gasteiger partial charge in [-0.25, -0.2) is 4.39 Å². The summed E-state index contributed by atoms with van der Waals surface area (Å²) in [5, 5.41) is 8.73. The van der Waals surface area contributed by atoms with Crippen molar-refractivity contribution in [2.75, 3.05) is 0 Å². The normalized spacial score (nSPS) is 10.1. The van der Waals surface area contributed by atoms with Gasteiger partial charge in [0.25, 0.3) is 0 Å². The van der Waals surface area contributed by atoms with Crippen LogP contribution in [-0.2, 0) is 6.42 Å². The SMILES string of the molecule is Cc1ccc(-c2cc(F)ccc2CC#N)s1. The van der Waals surface area contributed by atoms with Crippen LogP contribution in [0.4, 0.5) is 4.39 Å². The van der Waals surface area contributed by atoms with Crippen LogP contribution in [-0.4, -0.2) is 0 Å². The predicted molar refractivity (Wildman–Crippen MR) is 63.8 cm³/mol. The van der Waals surface area contributed by atoms with Crippen molar-refractivity contribution in [1.82, 2.24) is 0 Å². The summed E-state index contributed by atoms with van der Waals surface area (Å²) in [6.45, 7) is 2.01. The fourth-order valence-electron chi connectivity index (χ4n) is 1.60. The summed E-state index contributed by atoms with van der Waals surface area (Å²) < 4.78 is 13.2. The van der Waals surface area contributed by atoms with Gasteiger partial charge in [0.05, 0.1) is 12.5 Å². The number of rotatable bonds is 2. The van der Waals surface area contributed by atoms with Crippen molar-refractivity contribution >= 4 is 11.3 Å². The number of aryl methyl sites for hydroxylation is 1. The second-order valence-electron chi connectivity index (χ2n) is 3.55. The Balaban J connectivity index is 2.54. The molecule has 0 aliphatic heterocycles. The van der Waals surface area contributed by atoms with Crippen molar-refractivity contribution < 1.29 is 4.39 Å². The fraction of sp³-hybridized carbons (Fsp3) is 0.154. The van der Waals surface area contributed by atoms with Gasteiger partial charge in [0.1, 0.15) is 5.82 Å². The summed E-state index contributed by atoms with van der Waals surface area (Å²) in [7, 11) is 0. The molecule has 80 valence electrons. The minimum absolute atomic E-state index is 0.261. The molecule has 1 heterocycles. The van der Waals surface area contributed by atoms with E-state index in [2.05, 4.69) is 6.07 Å². The molecule has 0 unspecified atom stereocenters. The van der Waals surface area contributed by atoms with Crippen LogP contribution in [0.25, 0.3) is 10.4 Å². The lowest BCUT2D eigenvalue weighted by Crippen LogP contribution is -1.88. The summed E-state index contributed by atoms with van der Waals surface area (Å²) >= 11 is 1.61. The third-order valence-electron chi connectivity index (χ3n) is 2.35. The predicted octanol–water partition coefficient (Wildman–Crippen LogP) is 3.93. The molecule has 1 aromatic carbocycles. The van der Waals surface area contributed by atoms with Crippen LogP contribution in [0, 0.1) is 24.1 Å². The van der Waals surface area contributed by atoms with Crippen molar-refractivity contribution in [3.8, 4) is 16.5 Å². The van der Waals surface area contributed by atoms with Crippen LogP contribution in [0.3, 0.4) is 0 Å². The second-order valence-corrected chi connectivity index (χ2v) is 4.83. The molecule has 0 N–H and O–H groups in total. The van der Waals surface area contributed by atoms with E-state index in [1.165, 1.54) is 17.0 Å². The van der Waals surface area contributed by atoms with E-state index in [4.69, 9.17) is 5.26 Å². The standard InChI is InChI=1S/C13H10FNS/c1-9-2-5-13(16-9)12-8-11(14)4-3-10(12)6-7-15/h2-5,8H,6H2,1H3. The Morgan fingerprint density at radius 3 is 2.75 bits per heavy atom. The molecule has 0 aliphatic carbocycles. The monoisotopic (exact) mass is 231 g/mol. The second kappa shape index (κ2) is 4.46. The van der Waals surface area contributed by atoms with Gasteiger partial charge in [0.15, 0.2) is 0 Å². The zero-order chi connectivity index (χ0) is 11.5. The molecule has 0 spiro atoms. The molecule has 16 heavy (non-hydrogen) atoms. The lowest BCUT2D eigenvalue weighted by Gasteiger charge is -2.04. The van der Waals surface area contributed by atoms with Gasteiger partial charge in [-0.2, -0.15) is 5.26 Å². The Labute approximate surface area is 97.8 Å². The molecule has 2 aromatic rings. The first-order chi connectivity index (χ1) is 7.70. The third kappa shape index (κ3) is 2.12. The van der Waals surface area contributed by atoms with Crippen molar-refractivity contribution in [3.63, 3.8) is 0 Å². The summed E-state index contributed by atoms with van der Waals surface area (Å²) in [6, 6.07) is 10.7. The van der Waals surface area contributed by atoms with Crippen LogP contribution < -0.4 is 0 Å². The smallest absolute Gasteiger partial charge is 0.123 e. The maximum atomic E-state index is 13.2. The van der Waals surface area contributed by atoms with Crippen LogP contribution in [0.15, 0.2) is 30.3 Å². The number of nitrogens with zero attached hydrogens (tertiary/aromatic N) is 1. The molecule has 0 amide bonds. The fourth-order valence-corrected chi connectivity index (χ4v) is 2.52. The van der Waals surface area contributed by atoms with Gasteiger partial charge in [-0.3, -0.25) is 0 Å². The summed E-state index contributed by atoms with van der Waals surface area (Å²) in [6.07, 6.45) is 0.312. The van der Waals surface area contributed by atoms with E-state index in [9.17, 15) is 4.39 Å². The Morgan fingerprint density at radius 1 is 1.31 bits per heavy atom. The topological polar surface area (TPSA) is 23.8 Å². The van der Waals surface area contributed by atoms with Crippen LogP contribution in [0.5, 0.6) is 0 Å². The van der Waals surface area contributed by atoms with E-state index in [0.717, 1.165) is 16.0 Å². The Morgan fingerprint density at radius 2 is 2.12 bits per heavy atom. The number of benzene rings is 1.